The lowest BCUT2D eigenvalue weighted by atomic mass is 10.1. The number of likely N-dealkylation sites (tertiary alicyclic amines) is 1. The van der Waals surface area contributed by atoms with E-state index in [2.05, 4.69) is 5.32 Å². The fourth-order valence-electron chi connectivity index (χ4n) is 2.19. The third kappa shape index (κ3) is 3.72. The Labute approximate surface area is 107 Å². The first-order chi connectivity index (χ1) is 8.75. The van der Waals surface area contributed by atoms with Crippen molar-refractivity contribution < 1.29 is 9.18 Å². The predicted octanol–water partition coefficient (Wildman–Crippen LogP) is 3.62. The third-order valence-corrected chi connectivity index (χ3v) is 3.24. The lowest BCUT2D eigenvalue weighted by molar-refractivity contribution is 0.206. The van der Waals surface area contributed by atoms with Crippen LogP contribution in [0.3, 0.4) is 0 Å². The Bertz CT molecular complexity index is 383. The molecule has 1 N–H and O–H groups in total. The standard InChI is InChI=1S/C14H19FN2O/c15-12-6-8-13(9-7-12)16-14(18)17-10-4-2-1-3-5-11-17/h6-9H,1-5,10-11H2,(H,16,18). The summed E-state index contributed by atoms with van der Waals surface area (Å²) < 4.78 is 12.8. The highest BCUT2D eigenvalue weighted by molar-refractivity contribution is 5.89. The highest BCUT2D eigenvalue weighted by atomic mass is 19.1. The molecular formula is C14H19FN2O. The van der Waals surface area contributed by atoms with E-state index in [9.17, 15) is 9.18 Å². The fraction of sp³-hybridized carbons (Fsp3) is 0.500. The summed E-state index contributed by atoms with van der Waals surface area (Å²) >= 11 is 0. The molecule has 1 heterocycles. The molecule has 3 nitrogen and oxygen atoms in total. The number of amides is 2. The van der Waals surface area contributed by atoms with Crippen LogP contribution in [-0.4, -0.2) is 24.0 Å². The van der Waals surface area contributed by atoms with Gasteiger partial charge in [-0.15, -0.1) is 0 Å². The zero-order valence-corrected chi connectivity index (χ0v) is 10.5. The van der Waals surface area contributed by atoms with Gasteiger partial charge in [0.1, 0.15) is 5.82 Å². The zero-order valence-electron chi connectivity index (χ0n) is 10.5. The van der Waals surface area contributed by atoms with Crippen LogP contribution in [0.2, 0.25) is 0 Å². The van der Waals surface area contributed by atoms with Crippen LogP contribution in [0.25, 0.3) is 0 Å². The normalized spacial score (nSPS) is 16.8. The molecule has 0 unspecified atom stereocenters. The Hall–Kier alpha value is -1.58. The van der Waals surface area contributed by atoms with Gasteiger partial charge in [-0.1, -0.05) is 19.3 Å². The van der Waals surface area contributed by atoms with Crippen molar-refractivity contribution in [1.29, 1.82) is 0 Å². The molecule has 18 heavy (non-hydrogen) atoms. The van der Waals surface area contributed by atoms with Crippen LogP contribution in [0.15, 0.2) is 24.3 Å². The quantitative estimate of drug-likeness (QED) is 0.811. The van der Waals surface area contributed by atoms with E-state index in [0.29, 0.717) is 5.69 Å². The van der Waals surface area contributed by atoms with E-state index in [0.717, 1.165) is 25.9 Å². The highest BCUT2D eigenvalue weighted by Gasteiger charge is 2.14. The van der Waals surface area contributed by atoms with Gasteiger partial charge in [-0.3, -0.25) is 0 Å². The minimum Gasteiger partial charge on any atom is -0.325 e. The van der Waals surface area contributed by atoms with Crippen LogP contribution in [0, 0.1) is 5.82 Å². The van der Waals surface area contributed by atoms with Gasteiger partial charge in [0.2, 0.25) is 0 Å². The minimum absolute atomic E-state index is 0.0801. The number of hydrogen-bond donors (Lipinski definition) is 1. The highest BCUT2D eigenvalue weighted by Crippen LogP contribution is 2.13. The fourth-order valence-corrected chi connectivity index (χ4v) is 2.19. The minimum atomic E-state index is -0.292. The molecule has 2 rings (SSSR count). The van der Waals surface area contributed by atoms with Crippen molar-refractivity contribution in [2.45, 2.75) is 32.1 Å². The van der Waals surface area contributed by atoms with E-state index in [-0.39, 0.29) is 11.8 Å². The lowest BCUT2D eigenvalue weighted by Gasteiger charge is -2.25. The van der Waals surface area contributed by atoms with Crippen molar-refractivity contribution in [2.75, 3.05) is 18.4 Å². The molecule has 0 bridgehead atoms. The molecule has 98 valence electrons. The number of nitrogens with one attached hydrogen (secondary N) is 1. The number of rotatable bonds is 1. The molecule has 0 saturated carbocycles. The largest absolute Gasteiger partial charge is 0.325 e. The Morgan fingerprint density at radius 1 is 1.00 bits per heavy atom. The first-order valence-corrected chi connectivity index (χ1v) is 6.57. The number of carbonyl (C=O) groups excluding carboxylic acids is 1. The maximum absolute atomic E-state index is 12.8. The molecule has 1 aliphatic heterocycles. The van der Waals surface area contributed by atoms with Crippen LogP contribution >= 0.6 is 0 Å². The van der Waals surface area contributed by atoms with E-state index in [1.807, 2.05) is 4.90 Å². The molecule has 0 radical (unpaired) electrons. The third-order valence-electron chi connectivity index (χ3n) is 3.24. The molecule has 0 aromatic heterocycles. The summed E-state index contributed by atoms with van der Waals surface area (Å²) in [5, 5.41) is 2.81. The first-order valence-electron chi connectivity index (χ1n) is 6.57. The smallest absolute Gasteiger partial charge is 0.321 e. The van der Waals surface area contributed by atoms with Crippen molar-refractivity contribution in [1.82, 2.24) is 4.90 Å². The van der Waals surface area contributed by atoms with Crippen LogP contribution in [0.5, 0.6) is 0 Å². The number of anilines is 1. The second-order valence-corrected chi connectivity index (χ2v) is 4.69. The molecule has 1 aromatic carbocycles. The SMILES string of the molecule is O=C(Nc1ccc(F)cc1)N1CCCCCCC1. The van der Waals surface area contributed by atoms with Crippen LogP contribution in [-0.2, 0) is 0 Å². The average Bonchev–Trinajstić information content (AvgIpc) is 2.31. The average molecular weight is 250 g/mol. The Morgan fingerprint density at radius 3 is 2.17 bits per heavy atom. The number of hydrogen-bond acceptors (Lipinski definition) is 1. The molecule has 2 amide bonds. The number of benzene rings is 1. The van der Waals surface area contributed by atoms with Crippen LogP contribution in [0.1, 0.15) is 32.1 Å². The summed E-state index contributed by atoms with van der Waals surface area (Å²) in [6.07, 6.45) is 5.79. The Balaban J connectivity index is 1.91. The van der Waals surface area contributed by atoms with Crippen molar-refractivity contribution in [3.05, 3.63) is 30.1 Å². The summed E-state index contributed by atoms with van der Waals surface area (Å²) in [5.41, 5.74) is 0.642. The molecule has 0 aliphatic carbocycles. The van der Waals surface area contributed by atoms with Crippen molar-refractivity contribution in [3.8, 4) is 0 Å². The summed E-state index contributed by atoms with van der Waals surface area (Å²) in [6.45, 7) is 1.63. The van der Waals surface area contributed by atoms with Gasteiger partial charge >= 0.3 is 6.03 Å². The van der Waals surface area contributed by atoms with Crippen molar-refractivity contribution in [3.63, 3.8) is 0 Å². The monoisotopic (exact) mass is 250 g/mol. The van der Waals surface area contributed by atoms with E-state index in [4.69, 9.17) is 0 Å². The summed E-state index contributed by atoms with van der Waals surface area (Å²) in [5.74, 6) is -0.292. The number of urea groups is 1. The molecule has 1 saturated heterocycles. The molecule has 1 aromatic rings. The Kier molecular flexibility index (Phi) is 4.56. The maximum Gasteiger partial charge on any atom is 0.321 e. The van der Waals surface area contributed by atoms with Gasteiger partial charge in [0.25, 0.3) is 0 Å². The number of nitrogens with zero attached hydrogens (tertiary/aromatic N) is 1. The van der Waals surface area contributed by atoms with Crippen LogP contribution < -0.4 is 5.32 Å². The second-order valence-electron chi connectivity index (χ2n) is 4.69. The topological polar surface area (TPSA) is 32.3 Å². The maximum atomic E-state index is 12.8. The van der Waals surface area contributed by atoms with Gasteiger partial charge in [-0.05, 0) is 37.1 Å². The van der Waals surface area contributed by atoms with Gasteiger partial charge in [-0.25, -0.2) is 9.18 Å². The van der Waals surface area contributed by atoms with E-state index >= 15 is 0 Å². The molecule has 0 spiro atoms. The summed E-state index contributed by atoms with van der Waals surface area (Å²) in [6, 6.07) is 5.78. The van der Waals surface area contributed by atoms with Gasteiger partial charge < -0.3 is 10.2 Å². The molecule has 4 heteroatoms. The summed E-state index contributed by atoms with van der Waals surface area (Å²) in [7, 11) is 0. The summed E-state index contributed by atoms with van der Waals surface area (Å²) in [4.78, 5) is 13.9. The van der Waals surface area contributed by atoms with Crippen molar-refractivity contribution >= 4 is 11.7 Å². The zero-order chi connectivity index (χ0) is 12.8. The van der Waals surface area contributed by atoms with Gasteiger partial charge in [0.05, 0.1) is 0 Å². The molecular weight excluding hydrogens is 231 g/mol. The first kappa shape index (κ1) is 12.9. The van der Waals surface area contributed by atoms with Gasteiger partial charge in [0.15, 0.2) is 0 Å². The van der Waals surface area contributed by atoms with E-state index < -0.39 is 0 Å². The molecule has 0 atom stereocenters. The van der Waals surface area contributed by atoms with Crippen molar-refractivity contribution in [2.24, 2.45) is 0 Å². The van der Waals surface area contributed by atoms with Crippen LogP contribution in [0.4, 0.5) is 14.9 Å². The number of halogens is 1. The molecule has 1 aliphatic rings. The van der Waals surface area contributed by atoms with Gasteiger partial charge in [-0.2, -0.15) is 0 Å². The number of carbonyl (C=O) groups is 1. The lowest BCUT2D eigenvalue weighted by Crippen LogP contribution is -2.37. The second kappa shape index (κ2) is 6.38. The Morgan fingerprint density at radius 2 is 1.56 bits per heavy atom. The predicted molar refractivity (Wildman–Crippen MR) is 70.1 cm³/mol. The molecule has 1 fully saturated rings. The van der Waals surface area contributed by atoms with E-state index in [1.54, 1.807) is 12.1 Å². The van der Waals surface area contributed by atoms with E-state index in [1.165, 1.54) is 31.4 Å². The van der Waals surface area contributed by atoms with Gasteiger partial charge in [0, 0.05) is 18.8 Å².